The molecule has 0 heterocycles. The predicted molar refractivity (Wildman–Crippen MR) is 60.8 cm³/mol. The maximum absolute atomic E-state index is 13.3. The van der Waals surface area contributed by atoms with Crippen LogP contribution in [0, 0.1) is 11.7 Å². The first-order valence-electron chi connectivity index (χ1n) is 4.86. The second kappa shape index (κ2) is 6.28. The van der Waals surface area contributed by atoms with Crippen LogP contribution in [0.1, 0.15) is 12.0 Å². The lowest BCUT2D eigenvalue weighted by atomic mass is 9.96. The van der Waals surface area contributed by atoms with E-state index in [4.69, 9.17) is 16.7 Å². The highest BCUT2D eigenvalue weighted by Crippen LogP contribution is 2.16. The fourth-order valence-corrected chi connectivity index (χ4v) is 1.52. The molecule has 0 amide bonds. The third kappa shape index (κ3) is 3.66. The molecule has 0 aliphatic heterocycles. The Hall–Kier alpha value is -1.35. The second-order valence-electron chi connectivity index (χ2n) is 3.43. The smallest absolute Gasteiger partial charge is 0.307 e. The van der Waals surface area contributed by atoms with Crippen molar-refractivity contribution in [2.45, 2.75) is 12.8 Å². The van der Waals surface area contributed by atoms with Crippen LogP contribution in [0.4, 0.5) is 4.39 Å². The molecule has 0 aliphatic rings. The van der Waals surface area contributed by atoms with Gasteiger partial charge in [-0.3, -0.25) is 4.79 Å². The molecule has 0 aliphatic carbocycles. The number of halogens is 2. The van der Waals surface area contributed by atoms with Crippen molar-refractivity contribution in [1.82, 2.24) is 0 Å². The van der Waals surface area contributed by atoms with E-state index in [9.17, 15) is 9.18 Å². The molecule has 0 fully saturated rings. The van der Waals surface area contributed by atoms with Gasteiger partial charge < -0.3 is 5.11 Å². The Morgan fingerprint density at radius 3 is 2.75 bits per heavy atom. The van der Waals surface area contributed by atoms with E-state index in [1.165, 1.54) is 11.6 Å². The molecule has 1 aromatic rings. The minimum absolute atomic E-state index is 0.170. The first kappa shape index (κ1) is 12.7. The topological polar surface area (TPSA) is 37.3 Å². The summed E-state index contributed by atoms with van der Waals surface area (Å²) in [5.41, 5.74) is 1.69. The SMILES string of the molecule is O=C(O)C(C/C=C/Cl)Cc1ccccc1F. The molecule has 0 saturated carbocycles. The maximum atomic E-state index is 13.3. The van der Waals surface area contributed by atoms with Crippen molar-refractivity contribution < 1.29 is 14.3 Å². The highest BCUT2D eigenvalue weighted by Gasteiger charge is 2.17. The van der Waals surface area contributed by atoms with Crippen LogP contribution < -0.4 is 0 Å². The summed E-state index contributed by atoms with van der Waals surface area (Å²) in [5.74, 6) is -1.96. The lowest BCUT2D eigenvalue weighted by molar-refractivity contribution is -0.141. The Morgan fingerprint density at radius 1 is 1.50 bits per heavy atom. The van der Waals surface area contributed by atoms with Gasteiger partial charge in [0.25, 0.3) is 0 Å². The number of carboxylic acids is 1. The molecular weight excluding hydrogens is 231 g/mol. The largest absolute Gasteiger partial charge is 0.481 e. The van der Waals surface area contributed by atoms with Crippen molar-refractivity contribution >= 4 is 17.6 Å². The summed E-state index contributed by atoms with van der Waals surface area (Å²) in [5, 5.41) is 8.95. The molecule has 2 nitrogen and oxygen atoms in total. The van der Waals surface area contributed by atoms with Crippen molar-refractivity contribution in [2.75, 3.05) is 0 Å². The number of carboxylic acid groups (broad SMARTS) is 1. The Kier molecular flexibility index (Phi) is 4.99. The molecule has 0 radical (unpaired) electrons. The molecule has 86 valence electrons. The number of allylic oxidation sites excluding steroid dienone is 1. The Morgan fingerprint density at radius 2 is 2.19 bits per heavy atom. The Labute approximate surface area is 98.4 Å². The van der Waals surface area contributed by atoms with Gasteiger partial charge in [0.1, 0.15) is 5.82 Å². The molecule has 16 heavy (non-hydrogen) atoms. The molecule has 1 aromatic carbocycles. The molecule has 1 N–H and O–H groups in total. The van der Waals surface area contributed by atoms with Gasteiger partial charge in [0, 0.05) is 5.54 Å². The fraction of sp³-hybridized carbons (Fsp3) is 0.250. The van der Waals surface area contributed by atoms with E-state index in [1.54, 1.807) is 24.3 Å². The molecule has 0 saturated heterocycles. The monoisotopic (exact) mass is 242 g/mol. The highest BCUT2D eigenvalue weighted by atomic mass is 35.5. The molecule has 0 bridgehead atoms. The fourth-order valence-electron chi connectivity index (χ4n) is 1.42. The van der Waals surface area contributed by atoms with Crippen molar-refractivity contribution in [1.29, 1.82) is 0 Å². The summed E-state index contributed by atoms with van der Waals surface area (Å²) in [4.78, 5) is 10.9. The molecular formula is C12H12ClFO2. The quantitative estimate of drug-likeness (QED) is 0.861. The van der Waals surface area contributed by atoms with Gasteiger partial charge in [0.2, 0.25) is 0 Å². The molecule has 1 unspecified atom stereocenters. The van der Waals surface area contributed by atoms with E-state index in [0.29, 0.717) is 12.0 Å². The average molecular weight is 243 g/mol. The van der Waals surface area contributed by atoms with E-state index >= 15 is 0 Å². The Bertz CT molecular complexity index is 390. The van der Waals surface area contributed by atoms with Crippen LogP contribution in [0.3, 0.4) is 0 Å². The summed E-state index contributed by atoms with van der Waals surface area (Å²) in [7, 11) is 0. The number of carbonyl (C=O) groups is 1. The highest BCUT2D eigenvalue weighted by molar-refractivity contribution is 6.25. The van der Waals surface area contributed by atoms with Gasteiger partial charge in [-0.1, -0.05) is 35.9 Å². The van der Waals surface area contributed by atoms with Crippen LogP contribution in [-0.2, 0) is 11.2 Å². The lowest BCUT2D eigenvalue weighted by Crippen LogP contribution is -2.16. The number of benzene rings is 1. The zero-order chi connectivity index (χ0) is 12.0. The van der Waals surface area contributed by atoms with Crippen LogP contribution in [0.2, 0.25) is 0 Å². The van der Waals surface area contributed by atoms with Crippen LogP contribution in [-0.4, -0.2) is 11.1 Å². The van der Waals surface area contributed by atoms with E-state index < -0.39 is 11.9 Å². The first-order chi connectivity index (χ1) is 7.65. The molecule has 0 aromatic heterocycles. The normalized spacial score (nSPS) is 12.9. The molecule has 0 spiro atoms. The van der Waals surface area contributed by atoms with Crippen LogP contribution in [0.15, 0.2) is 35.9 Å². The molecule has 1 atom stereocenters. The van der Waals surface area contributed by atoms with Crippen LogP contribution in [0.25, 0.3) is 0 Å². The maximum Gasteiger partial charge on any atom is 0.307 e. The Balaban J connectivity index is 2.75. The number of aliphatic carboxylic acids is 1. The number of rotatable bonds is 5. The van der Waals surface area contributed by atoms with Crippen molar-refractivity contribution in [2.24, 2.45) is 5.92 Å². The number of hydrogen-bond donors (Lipinski definition) is 1. The van der Waals surface area contributed by atoms with E-state index in [2.05, 4.69) is 0 Å². The summed E-state index contributed by atoms with van der Waals surface area (Å²) in [6.45, 7) is 0. The molecule has 4 heteroatoms. The number of hydrogen-bond acceptors (Lipinski definition) is 1. The zero-order valence-corrected chi connectivity index (χ0v) is 9.32. The average Bonchev–Trinajstić information content (AvgIpc) is 2.26. The summed E-state index contributed by atoms with van der Waals surface area (Å²) in [6, 6.07) is 6.18. The van der Waals surface area contributed by atoms with Crippen molar-refractivity contribution in [3.8, 4) is 0 Å². The van der Waals surface area contributed by atoms with Gasteiger partial charge in [0.05, 0.1) is 5.92 Å². The predicted octanol–water partition coefficient (Wildman–Crippen LogP) is 3.21. The van der Waals surface area contributed by atoms with E-state index in [-0.39, 0.29) is 12.2 Å². The van der Waals surface area contributed by atoms with Gasteiger partial charge >= 0.3 is 5.97 Å². The van der Waals surface area contributed by atoms with Crippen molar-refractivity contribution in [3.05, 3.63) is 47.3 Å². The van der Waals surface area contributed by atoms with Crippen LogP contribution in [0.5, 0.6) is 0 Å². The minimum Gasteiger partial charge on any atom is -0.481 e. The summed E-state index contributed by atoms with van der Waals surface area (Å²) >= 11 is 5.34. The third-order valence-corrected chi connectivity index (χ3v) is 2.46. The van der Waals surface area contributed by atoms with Crippen molar-refractivity contribution in [3.63, 3.8) is 0 Å². The zero-order valence-electron chi connectivity index (χ0n) is 8.57. The molecule has 1 rings (SSSR count). The lowest BCUT2D eigenvalue weighted by Gasteiger charge is -2.10. The summed E-state index contributed by atoms with van der Waals surface area (Å²) < 4.78 is 13.3. The third-order valence-electron chi connectivity index (χ3n) is 2.28. The summed E-state index contributed by atoms with van der Waals surface area (Å²) in [6.07, 6.45) is 2.03. The van der Waals surface area contributed by atoms with Gasteiger partial charge in [-0.25, -0.2) is 4.39 Å². The van der Waals surface area contributed by atoms with Gasteiger partial charge in [0.15, 0.2) is 0 Å². The van der Waals surface area contributed by atoms with E-state index in [0.717, 1.165) is 0 Å². The van der Waals surface area contributed by atoms with Gasteiger partial charge in [-0.2, -0.15) is 0 Å². The van der Waals surface area contributed by atoms with E-state index in [1.807, 2.05) is 0 Å². The van der Waals surface area contributed by atoms with Gasteiger partial charge in [-0.15, -0.1) is 0 Å². The minimum atomic E-state index is -0.946. The second-order valence-corrected chi connectivity index (χ2v) is 3.68. The first-order valence-corrected chi connectivity index (χ1v) is 5.30. The van der Waals surface area contributed by atoms with Gasteiger partial charge in [-0.05, 0) is 24.5 Å². The van der Waals surface area contributed by atoms with Crippen LogP contribution >= 0.6 is 11.6 Å². The standard InChI is InChI=1S/C12H12ClFO2/c13-7-3-5-10(12(15)16)8-9-4-1-2-6-11(9)14/h1-4,6-7,10H,5,8H2,(H,15,16)/b7-3+.